The van der Waals surface area contributed by atoms with Gasteiger partial charge >= 0.3 is 0 Å². The van der Waals surface area contributed by atoms with E-state index in [9.17, 15) is 4.79 Å². The number of aromatic nitrogens is 2. The summed E-state index contributed by atoms with van der Waals surface area (Å²) in [5, 5.41) is 7.44. The molecule has 1 amide bonds. The van der Waals surface area contributed by atoms with Gasteiger partial charge in [-0.1, -0.05) is 11.2 Å². The Kier molecular flexibility index (Phi) is 5.44. The molecule has 0 unspecified atom stereocenters. The lowest BCUT2D eigenvalue weighted by molar-refractivity contribution is 0.102. The average Bonchev–Trinajstić information content (AvgIpc) is 3.18. The molecule has 0 radical (unpaired) electrons. The van der Waals surface area contributed by atoms with E-state index >= 15 is 0 Å². The second-order valence-corrected chi connectivity index (χ2v) is 6.73. The Balaban J connectivity index is 1.79. The number of methoxy groups -OCH3 is 3. The van der Waals surface area contributed by atoms with E-state index < -0.39 is 0 Å². The van der Waals surface area contributed by atoms with Crippen molar-refractivity contribution >= 4 is 22.7 Å². The number of benzene rings is 2. The summed E-state index contributed by atoms with van der Waals surface area (Å²) < 4.78 is 21.3. The predicted octanol–water partition coefficient (Wildman–Crippen LogP) is 4.48. The molecule has 0 spiro atoms. The van der Waals surface area contributed by atoms with Crippen molar-refractivity contribution in [1.29, 1.82) is 0 Å². The van der Waals surface area contributed by atoms with Gasteiger partial charge in [0.1, 0.15) is 5.75 Å². The zero-order valence-corrected chi connectivity index (χ0v) is 17.6. The second-order valence-electron chi connectivity index (χ2n) is 6.73. The van der Waals surface area contributed by atoms with Crippen molar-refractivity contribution < 1.29 is 23.5 Å². The molecule has 31 heavy (non-hydrogen) atoms. The maximum Gasteiger partial charge on any atom is 0.259 e. The molecule has 2 aromatic carbocycles. The fourth-order valence-corrected chi connectivity index (χ4v) is 3.36. The molecule has 0 saturated heterocycles. The van der Waals surface area contributed by atoms with E-state index in [1.54, 1.807) is 38.3 Å². The minimum atomic E-state index is -0.347. The summed E-state index contributed by atoms with van der Waals surface area (Å²) in [5.41, 5.74) is 3.12. The SMILES string of the molecule is COc1ccc(-c2cc(C(=O)Nc3cccc(OC)c3OC)c3c(C)noc3n2)cc1. The Morgan fingerprint density at radius 3 is 2.45 bits per heavy atom. The van der Waals surface area contributed by atoms with E-state index in [1.807, 2.05) is 24.3 Å². The van der Waals surface area contributed by atoms with Gasteiger partial charge in [-0.2, -0.15) is 0 Å². The van der Waals surface area contributed by atoms with Crippen LogP contribution < -0.4 is 19.5 Å². The number of pyridine rings is 1. The van der Waals surface area contributed by atoms with E-state index in [1.165, 1.54) is 14.2 Å². The van der Waals surface area contributed by atoms with E-state index in [0.29, 0.717) is 39.5 Å². The number of aryl methyl sites for hydroxylation is 1. The Labute approximate surface area is 178 Å². The first kappa shape index (κ1) is 20.2. The first-order chi connectivity index (χ1) is 15.0. The van der Waals surface area contributed by atoms with Gasteiger partial charge in [0.05, 0.1) is 49.4 Å². The van der Waals surface area contributed by atoms with Crippen molar-refractivity contribution in [2.24, 2.45) is 0 Å². The number of hydrogen-bond donors (Lipinski definition) is 1. The summed E-state index contributed by atoms with van der Waals surface area (Å²) in [6, 6.07) is 14.4. The molecule has 0 fully saturated rings. The largest absolute Gasteiger partial charge is 0.497 e. The van der Waals surface area contributed by atoms with Crippen LogP contribution in [0.1, 0.15) is 16.1 Å². The standard InChI is InChI=1S/C23H21N3O5/c1-13-20-16(22(27)24-17-6-5-7-19(29-3)21(17)30-4)12-18(25-23(20)31-26-13)14-8-10-15(28-2)11-9-14/h5-12H,1-4H3,(H,24,27). The zero-order chi connectivity index (χ0) is 22.0. The van der Waals surface area contributed by atoms with Crippen molar-refractivity contribution in [3.8, 4) is 28.5 Å². The third-order valence-electron chi connectivity index (χ3n) is 4.90. The number of nitrogens with one attached hydrogen (secondary N) is 1. The minimum absolute atomic E-state index is 0.286. The molecule has 4 aromatic rings. The highest BCUT2D eigenvalue weighted by molar-refractivity contribution is 6.13. The summed E-state index contributed by atoms with van der Waals surface area (Å²) in [5.74, 6) is 1.32. The third-order valence-corrected chi connectivity index (χ3v) is 4.90. The van der Waals surface area contributed by atoms with Gasteiger partial charge in [0, 0.05) is 5.56 Å². The number of para-hydroxylation sites is 1. The lowest BCUT2D eigenvalue weighted by Crippen LogP contribution is -2.14. The summed E-state index contributed by atoms with van der Waals surface area (Å²) >= 11 is 0. The first-order valence-corrected chi connectivity index (χ1v) is 9.49. The number of carbonyl (C=O) groups is 1. The first-order valence-electron chi connectivity index (χ1n) is 9.49. The molecular formula is C23H21N3O5. The smallest absolute Gasteiger partial charge is 0.259 e. The summed E-state index contributed by atoms with van der Waals surface area (Å²) in [6.45, 7) is 1.77. The number of anilines is 1. The van der Waals surface area contributed by atoms with Crippen molar-refractivity contribution in [2.75, 3.05) is 26.6 Å². The van der Waals surface area contributed by atoms with E-state index in [-0.39, 0.29) is 11.6 Å². The van der Waals surface area contributed by atoms with Gasteiger partial charge in [-0.05, 0) is 49.4 Å². The molecule has 0 atom stereocenters. The molecule has 0 saturated carbocycles. The van der Waals surface area contributed by atoms with E-state index in [4.69, 9.17) is 18.7 Å². The Morgan fingerprint density at radius 1 is 1.00 bits per heavy atom. The summed E-state index contributed by atoms with van der Waals surface area (Å²) in [7, 11) is 4.66. The van der Waals surface area contributed by atoms with Crippen LogP contribution in [0, 0.1) is 6.92 Å². The van der Waals surface area contributed by atoms with Crippen LogP contribution in [0.25, 0.3) is 22.4 Å². The van der Waals surface area contributed by atoms with Crippen LogP contribution in [0.4, 0.5) is 5.69 Å². The van der Waals surface area contributed by atoms with Crippen molar-refractivity contribution in [1.82, 2.24) is 10.1 Å². The van der Waals surface area contributed by atoms with Gasteiger partial charge in [-0.3, -0.25) is 4.79 Å². The molecule has 0 aliphatic rings. The molecule has 0 aliphatic carbocycles. The normalized spacial score (nSPS) is 10.7. The molecule has 2 aromatic heterocycles. The number of hydrogen-bond acceptors (Lipinski definition) is 7. The number of nitrogens with zero attached hydrogens (tertiary/aromatic N) is 2. The highest BCUT2D eigenvalue weighted by atomic mass is 16.5. The van der Waals surface area contributed by atoms with Crippen LogP contribution in [0.15, 0.2) is 53.1 Å². The molecule has 8 nitrogen and oxygen atoms in total. The van der Waals surface area contributed by atoms with Gasteiger partial charge in [0.2, 0.25) is 0 Å². The van der Waals surface area contributed by atoms with Crippen LogP contribution in [0.5, 0.6) is 17.2 Å². The van der Waals surface area contributed by atoms with Crippen molar-refractivity contribution in [2.45, 2.75) is 6.92 Å². The Hall–Kier alpha value is -4.07. The van der Waals surface area contributed by atoms with Crippen LogP contribution in [0.2, 0.25) is 0 Å². The lowest BCUT2D eigenvalue weighted by atomic mass is 10.0. The zero-order valence-electron chi connectivity index (χ0n) is 17.6. The van der Waals surface area contributed by atoms with Crippen LogP contribution in [-0.4, -0.2) is 37.4 Å². The predicted molar refractivity (Wildman–Crippen MR) is 116 cm³/mol. The molecule has 8 heteroatoms. The highest BCUT2D eigenvalue weighted by Crippen LogP contribution is 2.36. The number of rotatable bonds is 6. The van der Waals surface area contributed by atoms with Gasteiger partial charge in [-0.25, -0.2) is 4.98 Å². The van der Waals surface area contributed by atoms with Crippen molar-refractivity contribution in [3.05, 3.63) is 59.8 Å². The maximum atomic E-state index is 13.3. The fraction of sp³-hybridized carbons (Fsp3) is 0.174. The molecule has 0 aliphatic heterocycles. The van der Waals surface area contributed by atoms with Crippen LogP contribution >= 0.6 is 0 Å². The van der Waals surface area contributed by atoms with Crippen LogP contribution in [-0.2, 0) is 0 Å². The lowest BCUT2D eigenvalue weighted by Gasteiger charge is -2.14. The van der Waals surface area contributed by atoms with Gasteiger partial charge < -0.3 is 24.1 Å². The monoisotopic (exact) mass is 419 g/mol. The second kappa shape index (κ2) is 8.35. The third kappa shape index (κ3) is 3.75. The molecule has 1 N–H and O–H groups in total. The van der Waals surface area contributed by atoms with Gasteiger partial charge in [0.15, 0.2) is 11.5 Å². The Morgan fingerprint density at radius 2 is 1.77 bits per heavy atom. The molecule has 158 valence electrons. The highest BCUT2D eigenvalue weighted by Gasteiger charge is 2.21. The number of fused-ring (bicyclic) bond motifs is 1. The summed E-state index contributed by atoms with van der Waals surface area (Å²) in [6.07, 6.45) is 0. The van der Waals surface area contributed by atoms with Crippen molar-refractivity contribution in [3.63, 3.8) is 0 Å². The average molecular weight is 419 g/mol. The molecular weight excluding hydrogens is 398 g/mol. The number of amides is 1. The maximum absolute atomic E-state index is 13.3. The van der Waals surface area contributed by atoms with E-state index in [2.05, 4.69) is 15.5 Å². The quantitative estimate of drug-likeness (QED) is 0.492. The number of ether oxygens (including phenoxy) is 3. The van der Waals surface area contributed by atoms with E-state index in [0.717, 1.165) is 11.3 Å². The number of carbonyl (C=O) groups excluding carboxylic acids is 1. The van der Waals surface area contributed by atoms with Crippen LogP contribution in [0.3, 0.4) is 0 Å². The summed E-state index contributed by atoms with van der Waals surface area (Å²) in [4.78, 5) is 17.8. The fourth-order valence-electron chi connectivity index (χ4n) is 3.36. The topological polar surface area (TPSA) is 95.7 Å². The minimum Gasteiger partial charge on any atom is -0.497 e. The molecule has 0 bridgehead atoms. The molecule has 4 rings (SSSR count). The molecule has 2 heterocycles. The Bertz CT molecular complexity index is 1250. The van der Waals surface area contributed by atoms with Gasteiger partial charge in [0.25, 0.3) is 11.6 Å². The van der Waals surface area contributed by atoms with Gasteiger partial charge in [-0.15, -0.1) is 0 Å².